The van der Waals surface area contributed by atoms with Crippen molar-refractivity contribution >= 4 is 16.9 Å². The lowest BCUT2D eigenvalue weighted by atomic mass is 10.1. The van der Waals surface area contributed by atoms with Crippen molar-refractivity contribution in [3.8, 4) is 0 Å². The number of carbonyl (C=O) groups is 1. The normalized spacial score (nSPS) is 10.0. The zero-order chi connectivity index (χ0) is 14.7. The molecule has 0 fully saturated rings. The van der Waals surface area contributed by atoms with Crippen molar-refractivity contribution in [2.45, 2.75) is 6.54 Å². The van der Waals surface area contributed by atoms with Gasteiger partial charge in [0, 0.05) is 17.7 Å². The number of pyridine rings is 1. The molecule has 1 heterocycles. The molecule has 0 aliphatic heterocycles. The molecule has 2 aromatic carbocycles. The minimum Gasteiger partial charge on any atom is -1.00 e. The molecule has 3 aromatic rings. The van der Waals surface area contributed by atoms with Gasteiger partial charge < -0.3 is 28.7 Å². The number of rotatable bonds is 3. The van der Waals surface area contributed by atoms with E-state index in [1.807, 2.05) is 54.7 Å². The Bertz CT molecular complexity index is 787. The van der Waals surface area contributed by atoms with Crippen LogP contribution in [0.1, 0.15) is 15.9 Å². The number of ether oxygens (including phenoxy) is 1. The SMILES string of the molecule is COC(=O)c1cc[n+](Cc2ccccc2)c2ccccc12.[I-]. The Hall–Kier alpha value is -1.95. The third-order valence-electron chi connectivity index (χ3n) is 3.53. The van der Waals surface area contributed by atoms with Crippen LogP contribution in [-0.4, -0.2) is 13.1 Å². The molecule has 1 aromatic heterocycles. The zero-order valence-corrected chi connectivity index (χ0v) is 14.4. The van der Waals surface area contributed by atoms with Crippen molar-refractivity contribution in [2.75, 3.05) is 7.11 Å². The molecule has 0 N–H and O–H groups in total. The summed E-state index contributed by atoms with van der Waals surface area (Å²) in [6, 6.07) is 19.9. The first-order valence-electron chi connectivity index (χ1n) is 6.83. The number of methoxy groups -OCH3 is 1. The molecular weight excluding hydrogens is 389 g/mol. The highest BCUT2D eigenvalue weighted by atomic mass is 127. The van der Waals surface area contributed by atoms with Gasteiger partial charge in [0.2, 0.25) is 5.52 Å². The second-order valence-corrected chi connectivity index (χ2v) is 4.85. The molecule has 0 spiro atoms. The molecule has 0 aliphatic rings. The fourth-order valence-electron chi connectivity index (χ4n) is 2.49. The highest BCUT2D eigenvalue weighted by molar-refractivity contribution is 6.02. The summed E-state index contributed by atoms with van der Waals surface area (Å²) >= 11 is 0. The van der Waals surface area contributed by atoms with E-state index in [0.717, 1.165) is 17.4 Å². The summed E-state index contributed by atoms with van der Waals surface area (Å²) in [5, 5.41) is 0.905. The van der Waals surface area contributed by atoms with E-state index in [1.54, 1.807) is 0 Å². The number of esters is 1. The summed E-state index contributed by atoms with van der Waals surface area (Å²) < 4.78 is 6.99. The number of aromatic nitrogens is 1. The average molecular weight is 405 g/mol. The van der Waals surface area contributed by atoms with E-state index in [1.165, 1.54) is 12.7 Å². The Kier molecular flexibility index (Phi) is 5.49. The van der Waals surface area contributed by atoms with E-state index in [9.17, 15) is 4.79 Å². The molecule has 4 heteroatoms. The Morgan fingerprint density at radius 1 is 1.00 bits per heavy atom. The van der Waals surface area contributed by atoms with Gasteiger partial charge in [-0.25, -0.2) is 4.79 Å². The van der Waals surface area contributed by atoms with Crippen LogP contribution in [0.15, 0.2) is 66.9 Å². The molecule has 0 unspecified atom stereocenters. The molecule has 22 heavy (non-hydrogen) atoms. The van der Waals surface area contributed by atoms with Crippen molar-refractivity contribution in [3.63, 3.8) is 0 Å². The summed E-state index contributed by atoms with van der Waals surface area (Å²) in [4.78, 5) is 11.9. The molecule has 0 saturated heterocycles. The third-order valence-corrected chi connectivity index (χ3v) is 3.53. The molecule has 0 bridgehead atoms. The summed E-state index contributed by atoms with van der Waals surface area (Å²) in [6.07, 6.45) is 1.93. The highest BCUT2D eigenvalue weighted by Crippen LogP contribution is 2.16. The predicted molar refractivity (Wildman–Crippen MR) is 81.0 cm³/mol. The number of para-hydroxylation sites is 1. The standard InChI is InChI=1S/C18H16NO2.HI/c1-21-18(20)16-11-12-19(13-14-7-3-2-4-8-14)17-10-6-5-9-15(16)17;/h2-12H,13H2,1H3;1H/q+1;/p-1. The van der Waals surface area contributed by atoms with Crippen LogP contribution in [0.5, 0.6) is 0 Å². The van der Waals surface area contributed by atoms with Crippen LogP contribution in [-0.2, 0) is 11.3 Å². The van der Waals surface area contributed by atoms with Gasteiger partial charge in [0.1, 0.15) is 0 Å². The van der Waals surface area contributed by atoms with E-state index >= 15 is 0 Å². The second-order valence-electron chi connectivity index (χ2n) is 4.85. The number of nitrogens with zero attached hydrogens (tertiary/aromatic N) is 1. The van der Waals surface area contributed by atoms with Gasteiger partial charge in [-0.1, -0.05) is 42.5 Å². The van der Waals surface area contributed by atoms with Crippen molar-refractivity contribution in [1.82, 2.24) is 0 Å². The second kappa shape index (κ2) is 7.35. The number of carbonyl (C=O) groups excluding carboxylic acids is 1. The van der Waals surface area contributed by atoms with Crippen LogP contribution < -0.4 is 28.5 Å². The van der Waals surface area contributed by atoms with Gasteiger partial charge in [-0.15, -0.1) is 0 Å². The highest BCUT2D eigenvalue weighted by Gasteiger charge is 2.17. The van der Waals surface area contributed by atoms with Crippen molar-refractivity contribution < 1.29 is 38.1 Å². The summed E-state index contributed by atoms with van der Waals surface area (Å²) in [7, 11) is 1.40. The lowest BCUT2D eigenvalue weighted by Gasteiger charge is -2.05. The summed E-state index contributed by atoms with van der Waals surface area (Å²) in [5.74, 6) is -0.307. The summed E-state index contributed by atoms with van der Waals surface area (Å²) in [6.45, 7) is 0.767. The van der Waals surface area contributed by atoms with E-state index < -0.39 is 0 Å². The molecular formula is C18H16INO2. The summed E-state index contributed by atoms with van der Waals surface area (Å²) in [5.41, 5.74) is 2.83. The van der Waals surface area contributed by atoms with E-state index in [-0.39, 0.29) is 29.9 Å². The fraction of sp³-hybridized carbons (Fsp3) is 0.111. The molecule has 0 radical (unpaired) electrons. The lowest BCUT2D eigenvalue weighted by Crippen LogP contribution is -3.00. The minimum atomic E-state index is -0.307. The molecule has 0 aliphatic carbocycles. The van der Waals surface area contributed by atoms with Crippen LogP contribution in [0.25, 0.3) is 10.9 Å². The van der Waals surface area contributed by atoms with Crippen LogP contribution in [0, 0.1) is 0 Å². The van der Waals surface area contributed by atoms with Gasteiger partial charge in [-0.3, -0.25) is 0 Å². The average Bonchev–Trinajstić information content (AvgIpc) is 2.55. The molecule has 3 rings (SSSR count). The molecule has 3 nitrogen and oxygen atoms in total. The van der Waals surface area contributed by atoms with Crippen molar-refractivity contribution in [2.24, 2.45) is 0 Å². The van der Waals surface area contributed by atoms with Crippen molar-refractivity contribution in [1.29, 1.82) is 0 Å². The first kappa shape index (κ1) is 16.4. The number of halogens is 1. The van der Waals surface area contributed by atoms with Gasteiger partial charge in [0.05, 0.1) is 18.1 Å². The minimum absolute atomic E-state index is 0. The largest absolute Gasteiger partial charge is 1.00 e. The first-order chi connectivity index (χ1) is 10.3. The number of hydrogen-bond acceptors (Lipinski definition) is 2. The zero-order valence-electron chi connectivity index (χ0n) is 12.2. The number of fused-ring (bicyclic) bond motifs is 1. The fourth-order valence-corrected chi connectivity index (χ4v) is 2.49. The topological polar surface area (TPSA) is 30.2 Å². The van der Waals surface area contributed by atoms with Crippen LogP contribution in [0.4, 0.5) is 0 Å². The van der Waals surface area contributed by atoms with Gasteiger partial charge in [0.15, 0.2) is 12.7 Å². The third kappa shape index (κ3) is 3.27. The lowest BCUT2D eigenvalue weighted by molar-refractivity contribution is -0.662. The van der Waals surface area contributed by atoms with Gasteiger partial charge in [0.25, 0.3) is 0 Å². The Labute approximate surface area is 146 Å². The quantitative estimate of drug-likeness (QED) is 0.348. The maximum absolute atomic E-state index is 11.9. The van der Waals surface area contributed by atoms with E-state index in [0.29, 0.717) is 5.56 Å². The predicted octanol–water partition coefficient (Wildman–Crippen LogP) is -0.0338. The van der Waals surface area contributed by atoms with Gasteiger partial charge in [-0.2, -0.15) is 4.57 Å². The first-order valence-corrected chi connectivity index (χ1v) is 6.83. The molecule has 112 valence electrons. The van der Waals surface area contributed by atoms with E-state index in [4.69, 9.17) is 4.74 Å². The Morgan fingerprint density at radius 2 is 1.68 bits per heavy atom. The number of benzene rings is 2. The van der Waals surface area contributed by atoms with Gasteiger partial charge >= 0.3 is 5.97 Å². The van der Waals surface area contributed by atoms with Crippen molar-refractivity contribution in [3.05, 3.63) is 78.0 Å². The molecule has 0 atom stereocenters. The maximum atomic E-state index is 11.9. The molecule has 0 saturated carbocycles. The Balaban J connectivity index is 0.00000176. The van der Waals surface area contributed by atoms with Crippen LogP contribution >= 0.6 is 0 Å². The molecule has 0 amide bonds. The van der Waals surface area contributed by atoms with Gasteiger partial charge in [-0.05, 0) is 6.07 Å². The smallest absolute Gasteiger partial charge is 0.338 e. The Morgan fingerprint density at radius 3 is 2.41 bits per heavy atom. The number of hydrogen-bond donors (Lipinski definition) is 0. The van der Waals surface area contributed by atoms with E-state index in [2.05, 4.69) is 16.7 Å². The van der Waals surface area contributed by atoms with Crippen LogP contribution in [0.2, 0.25) is 0 Å². The monoisotopic (exact) mass is 405 g/mol. The van der Waals surface area contributed by atoms with Crippen LogP contribution in [0.3, 0.4) is 0 Å². The maximum Gasteiger partial charge on any atom is 0.338 e.